The highest BCUT2D eigenvalue weighted by Crippen LogP contribution is 2.35. The monoisotopic (exact) mass is 186 g/mol. The smallest absolute Gasteiger partial charge is 0.313 e. The van der Waals surface area contributed by atoms with Crippen LogP contribution in [0.25, 0.3) is 0 Å². The molecule has 74 valence electrons. The number of hydrogen-bond acceptors (Lipinski definition) is 4. The zero-order valence-electron chi connectivity index (χ0n) is 8.12. The average molecular weight is 186 g/mol. The van der Waals surface area contributed by atoms with Gasteiger partial charge in [-0.3, -0.25) is 9.59 Å². The van der Waals surface area contributed by atoms with Crippen LogP contribution in [0.5, 0.6) is 0 Å². The predicted molar refractivity (Wildman–Crippen MR) is 44.9 cm³/mol. The van der Waals surface area contributed by atoms with Crippen LogP contribution in [0.2, 0.25) is 0 Å². The van der Waals surface area contributed by atoms with Crippen molar-refractivity contribution in [1.29, 1.82) is 0 Å². The van der Waals surface area contributed by atoms with Gasteiger partial charge in [0.2, 0.25) is 0 Å². The molecule has 0 aromatic heterocycles. The summed E-state index contributed by atoms with van der Waals surface area (Å²) in [6, 6.07) is 0. The van der Waals surface area contributed by atoms with Crippen molar-refractivity contribution in [2.75, 3.05) is 13.2 Å². The maximum atomic E-state index is 11.4. The van der Waals surface area contributed by atoms with E-state index >= 15 is 0 Å². The SMILES string of the molecule is CCOC(=O)[C@H]1COC(=O)C1(C)C. The molecule has 13 heavy (non-hydrogen) atoms. The van der Waals surface area contributed by atoms with Crippen molar-refractivity contribution in [3.05, 3.63) is 0 Å². The van der Waals surface area contributed by atoms with Crippen LogP contribution in [0.15, 0.2) is 0 Å². The quantitative estimate of drug-likeness (QED) is 0.597. The number of cyclic esters (lactones) is 1. The van der Waals surface area contributed by atoms with Crippen LogP contribution in [0.4, 0.5) is 0 Å². The van der Waals surface area contributed by atoms with E-state index in [1.165, 1.54) is 0 Å². The molecule has 1 atom stereocenters. The molecular formula is C9H14O4. The second-order valence-electron chi connectivity index (χ2n) is 3.62. The van der Waals surface area contributed by atoms with Crippen molar-refractivity contribution in [3.8, 4) is 0 Å². The van der Waals surface area contributed by atoms with E-state index in [-0.39, 0.29) is 18.5 Å². The molecule has 1 aliphatic rings. The first-order chi connectivity index (χ1) is 6.00. The van der Waals surface area contributed by atoms with Gasteiger partial charge >= 0.3 is 11.9 Å². The van der Waals surface area contributed by atoms with Gasteiger partial charge in [0.15, 0.2) is 0 Å². The first-order valence-electron chi connectivity index (χ1n) is 4.34. The van der Waals surface area contributed by atoms with Crippen LogP contribution in [-0.4, -0.2) is 25.2 Å². The Morgan fingerprint density at radius 3 is 2.69 bits per heavy atom. The minimum Gasteiger partial charge on any atom is -0.466 e. The number of carbonyl (C=O) groups is 2. The summed E-state index contributed by atoms with van der Waals surface area (Å²) in [6.07, 6.45) is 0. The van der Waals surface area contributed by atoms with Crippen LogP contribution in [0.3, 0.4) is 0 Å². The fourth-order valence-electron chi connectivity index (χ4n) is 1.30. The number of rotatable bonds is 2. The maximum absolute atomic E-state index is 11.4. The van der Waals surface area contributed by atoms with E-state index in [9.17, 15) is 9.59 Å². The van der Waals surface area contributed by atoms with Gasteiger partial charge in [0.1, 0.15) is 12.5 Å². The van der Waals surface area contributed by atoms with Crippen molar-refractivity contribution >= 4 is 11.9 Å². The molecule has 1 saturated heterocycles. The minimum atomic E-state index is -0.744. The fraction of sp³-hybridized carbons (Fsp3) is 0.778. The minimum absolute atomic E-state index is 0.144. The summed E-state index contributed by atoms with van der Waals surface area (Å²) in [4.78, 5) is 22.5. The Labute approximate surface area is 77.2 Å². The summed E-state index contributed by atoms with van der Waals surface area (Å²) in [7, 11) is 0. The Kier molecular flexibility index (Phi) is 2.59. The zero-order valence-corrected chi connectivity index (χ0v) is 8.12. The summed E-state index contributed by atoms with van der Waals surface area (Å²) in [6.45, 7) is 5.61. The molecule has 1 fully saturated rings. The van der Waals surface area contributed by atoms with Gasteiger partial charge in [0.05, 0.1) is 12.0 Å². The number of ether oxygens (including phenoxy) is 2. The average Bonchev–Trinajstić information content (AvgIpc) is 2.28. The molecular weight excluding hydrogens is 172 g/mol. The highest BCUT2D eigenvalue weighted by molar-refractivity contribution is 5.87. The molecule has 4 heteroatoms. The predicted octanol–water partition coefficient (Wildman–Crippen LogP) is 0.749. The third-order valence-electron chi connectivity index (χ3n) is 2.35. The zero-order chi connectivity index (χ0) is 10.1. The van der Waals surface area contributed by atoms with E-state index < -0.39 is 11.3 Å². The highest BCUT2D eigenvalue weighted by atomic mass is 16.6. The Balaban J connectivity index is 2.72. The first-order valence-corrected chi connectivity index (χ1v) is 4.34. The standard InChI is InChI=1S/C9H14O4/c1-4-12-7(10)6-5-13-8(11)9(6,2)3/h6H,4-5H2,1-3H3/t6-/m1/s1. The third kappa shape index (κ3) is 1.66. The second-order valence-corrected chi connectivity index (χ2v) is 3.62. The van der Waals surface area contributed by atoms with Crippen molar-refractivity contribution in [2.45, 2.75) is 20.8 Å². The van der Waals surface area contributed by atoms with Gasteiger partial charge in [-0.15, -0.1) is 0 Å². The Morgan fingerprint density at radius 2 is 2.31 bits per heavy atom. The molecule has 1 rings (SSSR count). The Hall–Kier alpha value is -1.06. The van der Waals surface area contributed by atoms with Crippen LogP contribution in [-0.2, 0) is 19.1 Å². The fourth-order valence-corrected chi connectivity index (χ4v) is 1.30. The van der Waals surface area contributed by atoms with Gasteiger partial charge in [-0.25, -0.2) is 0 Å². The van der Waals surface area contributed by atoms with Gasteiger partial charge in [0.25, 0.3) is 0 Å². The maximum Gasteiger partial charge on any atom is 0.313 e. The molecule has 1 heterocycles. The van der Waals surface area contributed by atoms with Gasteiger partial charge < -0.3 is 9.47 Å². The van der Waals surface area contributed by atoms with Crippen molar-refractivity contribution in [1.82, 2.24) is 0 Å². The molecule has 0 N–H and O–H groups in total. The summed E-state index contributed by atoms with van der Waals surface area (Å²) in [5.74, 6) is -1.14. The molecule has 0 amide bonds. The number of esters is 2. The van der Waals surface area contributed by atoms with Gasteiger partial charge in [-0.2, -0.15) is 0 Å². The van der Waals surface area contributed by atoms with E-state index in [0.717, 1.165) is 0 Å². The summed E-state index contributed by atoms with van der Waals surface area (Å²) < 4.78 is 9.65. The Bertz CT molecular complexity index is 232. The van der Waals surface area contributed by atoms with Gasteiger partial charge in [-0.1, -0.05) is 0 Å². The molecule has 0 aromatic rings. The van der Waals surface area contributed by atoms with Crippen LogP contribution in [0.1, 0.15) is 20.8 Å². The van der Waals surface area contributed by atoms with E-state index in [1.807, 2.05) is 0 Å². The third-order valence-corrected chi connectivity index (χ3v) is 2.35. The van der Waals surface area contributed by atoms with Crippen LogP contribution in [0, 0.1) is 11.3 Å². The summed E-state index contributed by atoms with van der Waals surface area (Å²) in [5, 5.41) is 0. The summed E-state index contributed by atoms with van der Waals surface area (Å²) in [5.41, 5.74) is -0.744. The largest absolute Gasteiger partial charge is 0.466 e. The molecule has 0 aliphatic carbocycles. The molecule has 0 radical (unpaired) electrons. The second kappa shape index (κ2) is 3.36. The van der Waals surface area contributed by atoms with Gasteiger partial charge in [0, 0.05) is 0 Å². The van der Waals surface area contributed by atoms with Crippen molar-refractivity contribution in [2.24, 2.45) is 11.3 Å². The Morgan fingerprint density at radius 1 is 1.69 bits per heavy atom. The van der Waals surface area contributed by atoms with Crippen LogP contribution < -0.4 is 0 Å². The lowest BCUT2D eigenvalue weighted by Gasteiger charge is -2.19. The van der Waals surface area contributed by atoms with E-state index in [4.69, 9.17) is 9.47 Å². The number of hydrogen-bond donors (Lipinski definition) is 0. The molecule has 4 nitrogen and oxygen atoms in total. The van der Waals surface area contributed by atoms with E-state index in [0.29, 0.717) is 6.61 Å². The molecule has 0 aromatic carbocycles. The lowest BCUT2D eigenvalue weighted by atomic mass is 9.81. The van der Waals surface area contributed by atoms with Gasteiger partial charge in [-0.05, 0) is 20.8 Å². The molecule has 0 bridgehead atoms. The first kappa shape index (κ1) is 10.0. The lowest BCUT2D eigenvalue weighted by Crippen LogP contribution is -2.33. The normalized spacial score (nSPS) is 25.5. The summed E-state index contributed by atoms with van der Waals surface area (Å²) >= 11 is 0. The number of carbonyl (C=O) groups excluding carboxylic acids is 2. The lowest BCUT2D eigenvalue weighted by molar-refractivity contribution is -0.153. The van der Waals surface area contributed by atoms with Crippen molar-refractivity contribution < 1.29 is 19.1 Å². The van der Waals surface area contributed by atoms with E-state index in [2.05, 4.69) is 0 Å². The molecule has 0 unspecified atom stereocenters. The van der Waals surface area contributed by atoms with Crippen LogP contribution >= 0.6 is 0 Å². The topological polar surface area (TPSA) is 52.6 Å². The highest BCUT2D eigenvalue weighted by Gasteiger charge is 2.49. The van der Waals surface area contributed by atoms with Crippen molar-refractivity contribution in [3.63, 3.8) is 0 Å². The molecule has 0 spiro atoms. The van der Waals surface area contributed by atoms with E-state index in [1.54, 1.807) is 20.8 Å². The molecule has 0 saturated carbocycles. The molecule has 1 aliphatic heterocycles.